The lowest BCUT2D eigenvalue weighted by atomic mass is 10.1. The van der Waals surface area contributed by atoms with Gasteiger partial charge in [-0.3, -0.25) is 14.8 Å². The van der Waals surface area contributed by atoms with Crippen molar-refractivity contribution in [1.29, 1.82) is 0 Å². The second-order valence-corrected chi connectivity index (χ2v) is 6.27. The van der Waals surface area contributed by atoms with E-state index in [4.69, 9.17) is 0 Å². The van der Waals surface area contributed by atoms with Gasteiger partial charge in [0.1, 0.15) is 0 Å². The fraction of sp³-hybridized carbons (Fsp3) is 0.211. The molecular weight excluding hydrogens is 318 g/mol. The van der Waals surface area contributed by atoms with Crippen LogP contribution in [0, 0.1) is 0 Å². The normalized spacial score (nSPS) is 10.5. The number of amides is 1. The Labute approximate surface area is 145 Å². The Morgan fingerprint density at radius 3 is 2.62 bits per heavy atom. The first-order chi connectivity index (χ1) is 11.8. The number of thiophene rings is 1. The Bertz CT molecular complexity index is 798. The van der Waals surface area contributed by atoms with Crippen molar-refractivity contribution >= 4 is 17.2 Å². The van der Waals surface area contributed by atoms with E-state index in [1.165, 1.54) is 5.56 Å². The van der Waals surface area contributed by atoms with Crippen molar-refractivity contribution in [3.05, 3.63) is 70.3 Å². The Morgan fingerprint density at radius 2 is 1.92 bits per heavy atom. The molecule has 4 nitrogen and oxygen atoms in total. The SMILES string of the molecule is CCCc1ccc(C(=O)NCc2nccnc2-c2ccsc2)cc1. The smallest absolute Gasteiger partial charge is 0.251 e. The van der Waals surface area contributed by atoms with E-state index in [2.05, 4.69) is 22.2 Å². The molecule has 0 aliphatic rings. The lowest BCUT2D eigenvalue weighted by Crippen LogP contribution is -2.23. The van der Waals surface area contributed by atoms with E-state index in [1.54, 1.807) is 23.7 Å². The number of carbonyl (C=O) groups is 1. The van der Waals surface area contributed by atoms with Crippen LogP contribution in [0.5, 0.6) is 0 Å². The van der Waals surface area contributed by atoms with Crippen molar-refractivity contribution in [1.82, 2.24) is 15.3 Å². The summed E-state index contributed by atoms with van der Waals surface area (Å²) >= 11 is 1.61. The quantitative estimate of drug-likeness (QED) is 0.737. The Balaban J connectivity index is 1.69. The summed E-state index contributed by atoms with van der Waals surface area (Å²) in [5, 5.41) is 6.96. The summed E-state index contributed by atoms with van der Waals surface area (Å²) in [6, 6.07) is 9.77. The minimum Gasteiger partial charge on any atom is -0.346 e. The number of nitrogens with zero attached hydrogens (tertiary/aromatic N) is 2. The van der Waals surface area contributed by atoms with E-state index >= 15 is 0 Å². The molecule has 1 aromatic carbocycles. The van der Waals surface area contributed by atoms with E-state index < -0.39 is 0 Å². The summed E-state index contributed by atoms with van der Waals surface area (Å²) in [5.41, 5.74) is 4.53. The van der Waals surface area contributed by atoms with Crippen LogP contribution in [0.25, 0.3) is 11.3 Å². The van der Waals surface area contributed by atoms with E-state index in [9.17, 15) is 4.79 Å². The summed E-state index contributed by atoms with van der Waals surface area (Å²) in [6.45, 7) is 2.50. The van der Waals surface area contributed by atoms with Crippen molar-refractivity contribution in [2.75, 3.05) is 0 Å². The highest BCUT2D eigenvalue weighted by molar-refractivity contribution is 7.08. The van der Waals surface area contributed by atoms with Crippen LogP contribution in [-0.4, -0.2) is 15.9 Å². The zero-order valence-corrected chi connectivity index (χ0v) is 14.3. The van der Waals surface area contributed by atoms with Crippen molar-refractivity contribution in [2.45, 2.75) is 26.3 Å². The van der Waals surface area contributed by atoms with Gasteiger partial charge < -0.3 is 5.32 Å². The number of nitrogens with one attached hydrogen (secondary N) is 1. The van der Waals surface area contributed by atoms with Crippen LogP contribution in [0.1, 0.15) is 35.0 Å². The monoisotopic (exact) mass is 337 g/mol. The zero-order valence-electron chi connectivity index (χ0n) is 13.5. The molecule has 3 aromatic rings. The average molecular weight is 337 g/mol. The first-order valence-corrected chi connectivity index (χ1v) is 8.92. The van der Waals surface area contributed by atoms with Gasteiger partial charge in [-0.2, -0.15) is 11.3 Å². The number of aromatic nitrogens is 2. The number of aryl methyl sites for hydroxylation is 1. The van der Waals surface area contributed by atoms with Gasteiger partial charge >= 0.3 is 0 Å². The topological polar surface area (TPSA) is 54.9 Å². The molecule has 0 spiro atoms. The molecule has 5 heteroatoms. The van der Waals surface area contributed by atoms with Gasteiger partial charge in [0.2, 0.25) is 0 Å². The van der Waals surface area contributed by atoms with Gasteiger partial charge in [0.15, 0.2) is 0 Å². The summed E-state index contributed by atoms with van der Waals surface area (Å²) in [6.07, 6.45) is 5.46. The Hall–Kier alpha value is -2.53. The summed E-state index contributed by atoms with van der Waals surface area (Å²) in [7, 11) is 0. The van der Waals surface area contributed by atoms with Gasteiger partial charge in [-0.05, 0) is 35.6 Å². The van der Waals surface area contributed by atoms with Crippen molar-refractivity contribution in [2.24, 2.45) is 0 Å². The second kappa shape index (κ2) is 7.84. The summed E-state index contributed by atoms with van der Waals surface area (Å²) in [4.78, 5) is 21.1. The number of hydrogen-bond acceptors (Lipinski definition) is 4. The molecule has 0 saturated heterocycles. The highest BCUT2D eigenvalue weighted by Crippen LogP contribution is 2.22. The lowest BCUT2D eigenvalue weighted by Gasteiger charge is -2.08. The standard InChI is InChI=1S/C19H19N3OS/c1-2-3-14-4-6-15(7-5-14)19(23)22-12-17-18(21-10-9-20-17)16-8-11-24-13-16/h4-11,13H,2-3,12H2,1H3,(H,22,23). The van der Waals surface area contributed by atoms with Crippen LogP contribution in [-0.2, 0) is 13.0 Å². The molecule has 2 heterocycles. The number of benzene rings is 1. The molecule has 0 unspecified atom stereocenters. The van der Waals surface area contributed by atoms with Crippen molar-refractivity contribution in [3.8, 4) is 11.3 Å². The molecular formula is C19H19N3OS. The van der Waals surface area contributed by atoms with Crippen LogP contribution in [0.4, 0.5) is 0 Å². The maximum absolute atomic E-state index is 12.3. The van der Waals surface area contributed by atoms with E-state index in [1.807, 2.05) is 41.1 Å². The van der Waals surface area contributed by atoms with Crippen LogP contribution in [0.3, 0.4) is 0 Å². The molecule has 0 atom stereocenters. The highest BCUT2D eigenvalue weighted by Gasteiger charge is 2.11. The highest BCUT2D eigenvalue weighted by atomic mass is 32.1. The molecule has 0 aliphatic heterocycles. The third kappa shape index (κ3) is 3.86. The van der Waals surface area contributed by atoms with Crippen molar-refractivity contribution < 1.29 is 4.79 Å². The fourth-order valence-electron chi connectivity index (χ4n) is 2.51. The van der Waals surface area contributed by atoms with Crippen LogP contribution in [0.2, 0.25) is 0 Å². The second-order valence-electron chi connectivity index (χ2n) is 5.49. The number of rotatable bonds is 6. The van der Waals surface area contributed by atoms with Crippen LogP contribution in [0.15, 0.2) is 53.5 Å². The van der Waals surface area contributed by atoms with Gasteiger partial charge in [-0.1, -0.05) is 25.5 Å². The molecule has 3 rings (SSSR count). The van der Waals surface area contributed by atoms with Crippen molar-refractivity contribution in [3.63, 3.8) is 0 Å². The lowest BCUT2D eigenvalue weighted by molar-refractivity contribution is 0.0950. The van der Waals surface area contributed by atoms with E-state index in [0.29, 0.717) is 12.1 Å². The van der Waals surface area contributed by atoms with Gasteiger partial charge in [0.25, 0.3) is 5.91 Å². The van der Waals surface area contributed by atoms with E-state index in [-0.39, 0.29) is 5.91 Å². The van der Waals surface area contributed by atoms with Gasteiger partial charge in [0, 0.05) is 28.9 Å². The molecule has 122 valence electrons. The van der Waals surface area contributed by atoms with Gasteiger partial charge in [-0.25, -0.2) is 0 Å². The molecule has 0 bridgehead atoms. The van der Waals surface area contributed by atoms with Crippen LogP contribution >= 0.6 is 11.3 Å². The van der Waals surface area contributed by atoms with Crippen LogP contribution < -0.4 is 5.32 Å². The third-order valence-electron chi connectivity index (χ3n) is 3.74. The molecule has 24 heavy (non-hydrogen) atoms. The largest absolute Gasteiger partial charge is 0.346 e. The zero-order chi connectivity index (χ0) is 16.8. The average Bonchev–Trinajstić information content (AvgIpc) is 3.15. The summed E-state index contributed by atoms with van der Waals surface area (Å²) in [5.74, 6) is -0.0972. The van der Waals surface area contributed by atoms with E-state index in [0.717, 1.165) is 29.8 Å². The maximum atomic E-state index is 12.3. The predicted octanol–water partition coefficient (Wildman–Crippen LogP) is 4.09. The number of carbonyl (C=O) groups excluding carboxylic acids is 1. The first kappa shape index (κ1) is 16.3. The Morgan fingerprint density at radius 1 is 1.12 bits per heavy atom. The first-order valence-electron chi connectivity index (χ1n) is 7.97. The van der Waals surface area contributed by atoms with Gasteiger partial charge in [0.05, 0.1) is 17.9 Å². The Kier molecular flexibility index (Phi) is 5.33. The third-order valence-corrected chi connectivity index (χ3v) is 4.42. The van der Waals surface area contributed by atoms with Gasteiger partial charge in [-0.15, -0.1) is 0 Å². The minimum atomic E-state index is -0.0972. The minimum absolute atomic E-state index is 0.0972. The predicted molar refractivity (Wildman–Crippen MR) is 97.0 cm³/mol. The molecule has 1 amide bonds. The molecule has 0 saturated carbocycles. The molecule has 2 aromatic heterocycles. The number of hydrogen-bond donors (Lipinski definition) is 1. The molecule has 1 N–H and O–H groups in total. The molecule has 0 aliphatic carbocycles. The fourth-order valence-corrected chi connectivity index (χ4v) is 3.15. The molecule has 0 radical (unpaired) electrons. The summed E-state index contributed by atoms with van der Waals surface area (Å²) < 4.78 is 0. The molecule has 0 fully saturated rings. The maximum Gasteiger partial charge on any atom is 0.251 e.